The highest BCUT2D eigenvalue weighted by atomic mass is 35.5. The number of sulfonamides is 1. The molecule has 8 nitrogen and oxygen atoms in total. The molecule has 3 aliphatic heterocycles. The highest BCUT2D eigenvalue weighted by Crippen LogP contribution is 2.42. The summed E-state index contributed by atoms with van der Waals surface area (Å²) in [5, 5.41) is 9.86. The maximum absolute atomic E-state index is 11.9. The summed E-state index contributed by atoms with van der Waals surface area (Å²) in [6.45, 7) is 6.30. The fourth-order valence-corrected chi connectivity index (χ4v) is 6.21. The van der Waals surface area contributed by atoms with E-state index in [2.05, 4.69) is 15.9 Å². The fourth-order valence-electron chi connectivity index (χ4n) is 5.11. The predicted molar refractivity (Wildman–Crippen MR) is 121 cm³/mol. The van der Waals surface area contributed by atoms with Gasteiger partial charge in [-0.05, 0) is 42.4 Å². The van der Waals surface area contributed by atoms with Gasteiger partial charge in [-0.3, -0.25) is 4.90 Å². The summed E-state index contributed by atoms with van der Waals surface area (Å²) in [5.74, 6) is 0. The molecule has 0 bridgehead atoms. The third kappa shape index (κ3) is 5.10. The Morgan fingerprint density at radius 2 is 1.71 bits per heavy atom. The minimum absolute atomic E-state index is 0.0888. The van der Waals surface area contributed by atoms with Crippen molar-refractivity contribution in [3.63, 3.8) is 0 Å². The van der Waals surface area contributed by atoms with E-state index in [-0.39, 0.29) is 5.41 Å². The Morgan fingerprint density at radius 1 is 1.06 bits per heavy atom. The van der Waals surface area contributed by atoms with Gasteiger partial charge in [-0.2, -0.15) is 0 Å². The number of anilines is 1. The molecule has 0 saturated carbocycles. The van der Waals surface area contributed by atoms with Crippen LogP contribution in [-0.2, 0) is 16.6 Å². The third-order valence-electron chi connectivity index (χ3n) is 7.12. The number of amides is 1. The predicted octanol–water partition coefficient (Wildman–Crippen LogP) is 2.39. The summed E-state index contributed by atoms with van der Waals surface area (Å²) in [4.78, 5) is 17.3. The summed E-state index contributed by atoms with van der Waals surface area (Å²) in [6, 6.07) is 6.02. The molecule has 3 heterocycles. The molecule has 1 aromatic rings. The Bertz CT molecular complexity index is 925. The van der Waals surface area contributed by atoms with E-state index in [1.54, 1.807) is 4.31 Å². The average Bonchev–Trinajstić information content (AvgIpc) is 3.14. The van der Waals surface area contributed by atoms with Crippen molar-refractivity contribution in [3.05, 3.63) is 28.8 Å². The van der Waals surface area contributed by atoms with Crippen LogP contribution in [0.3, 0.4) is 0 Å². The molecule has 3 fully saturated rings. The standard InChI is InChI=1S/C21H31ClN4O4S/c1-31(29,30)26-9-6-21(16-26)4-7-24(8-5-21)19-14-18(22)3-2-17(19)15-23-10-12-25(13-11-23)20(27)28/h2-3,14H,4-13,15-16H2,1H3,(H,27,28). The van der Waals surface area contributed by atoms with Crippen LogP contribution in [0.5, 0.6) is 0 Å². The first-order valence-corrected chi connectivity index (χ1v) is 13.1. The van der Waals surface area contributed by atoms with Crippen molar-refractivity contribution >= 4 is 33.4 Å². The third-order valence-corrected chi connectivity index (χ3v) is 8.61. The lowest BCUT2D eigenvalue weighted by Crippen LogP contribution is -2.48. The van der Waals surface area contributed by atoms with Crippen molar-refractivity contribution < 1.29 is 18.3 Å². The molecule has 4 rings (SSSR count). The number of benzene rings is 1. The van der Waals surface area contributed by atoms with Gasteiger partial charge in [0.1, 0.15) is 0 Å². The largest absolute Gasteiger partial charge is 0.465 e. The van der Waals surface area contributed by atoms with Gasteiger partial charge in [0.2, 0.25) is 10.0 Å². The molecule has 1 aromatic carbocycles. The molecule has 1 amide bonds. The Kier molecular flexibility index (Phi) is 6.40. The van der Waals surface area contributed by atoms with E-state index in [1.807, 2.05) is 12.1 Å². The van der Waals surface area contributed by atoms with E-state index in [9.17, 15) is 13.2 Å². The van der Waals surface area contributed by atoms with Gasteiger partial charge >= 0.3 is 6.09 Å². The number of rotatable bonds is 4. The molecule has 1 spiro atoms. The van der Waals surface area contributed by atoms with Crippen LogP contribution in [0.4, 0.5) is 10.5 Å². The van der Waals surface area contributed by atoms with E-state index < -0.39 is 16.1 Å². The van der Waals surface area contributed by atoms with Crippen LogP contribution in [0.2, 0.25) is 5.02 Å². The van der Waals surface area contributed by atoms with Crippen molar-refractivity contribution in [2.45, 2.75) is 25.8 Å². The van der Waals surface area contributed by atoms with Crippen LogP contribution in [-0.4, -0.2) is 92.3 Å². The maximum atomic E-state index is 11.9. The number of carbonyl (C=O) groups is 1. The first kappa shape index (κ1) is 22.6. The zero-order chi connectivity index (χ0) is 22.2. The number of hydrogen-bond donors (Lipinski definition) is 1. The topological polar surface area (TPSA) is 84.4 Å². The molecule has 3 aliphatic rings. The second-order valence-corrected chi connectivity index (χ2v) is 11.6. The molecule has 10 heteroatoms. The Morgan fingerprint density at radius 3 is 2.29 bits per heavy atom. The molecule has 3 saturated heterocycles. The van der Waals surface area contributed by atoms with E-state index in [4.69, 9.17) is 16.7 Å². The van der Waals surface area contributed by atoms with Gasteiger partial charge in [0.05, 0.1) is 6.26 Å². The summed E-state index contributed by atoms with van der Waals surface area (Å²) < 4.78 is 25.5. The Balaban J connectivity index is 1.41. The van der Waals surface area contributed by atoms with Crippen molar-refractivity contribution in [3.8, 4) is 0 Å². The number of piperazine rings is 1. The molecule has 0 radical (unpaired) electrons. The zero-order valence-electron chi connectivity index (χ0n) is 18.0. The smallest absolute Gasteiger partial charge is 0.407 e. The monoisotopic (exact) mass is 470 g/mol. The molecular weight excluding hydrogens is 440 g/mol. The average molecular weight is 471 g/mol. The number of piperidine rings is 1. The molecule has 0 aliphatic carbocycles. The van der Waals surface area contributed by atoms with Crippen molar-refractivity contribution in [1.82, 2.24) is 14.1 Å². The second kappa shape index (κ2) is 8.77. The first-order chi connectivity index (χ1) is 14.7. The van der Waals surface area contributed by atoms with Crippen LogP contribution in [0, 0.1) is 5.41 Å². The Labute approximate surface area is 189 Å². The van der Waals surface area contributed by atoms with Gasteiger partial charge in [-0.25, -0.2) is 17.5 Å². The van der Waals surface area contributed by atoms with E-state index in [1.165, 1.54) is 16.7 Å². The molecular formula is C21H31ClN4O4S. The molecule has 0 aromatic heterocycles. The lowest BCUT2D eigenvalue weighted by Gasteiger charge is -2.41. The van der Waals surface area contributed by atoms with Crippen molar-refractivity contribution in [2.24, 2.45) is 5.41 Å². The number of hydrogen-bond acceptors (Lipinski definition) is 5. The lowest BCUT2D eigenvalue weighted by molar-refractivity contribution is 0.103. The normalized spacial score (nSPS) is 22.9. The van der Waals surface area contributed by atoms with Gasteiger partial charge in [-0.1, -0.05) is 17.7 Å². The van der Waals surface area contributed by atoms with Crippen LogP contribution < -0.4 is 4.90 Å². The molecule has 0 unspecified atom stereocenters. The van der Waals surface area contributed by atoms with Crippen molar-refractivity contribution in [1.29, 1.82) is 0 Å². The van der Waals surface area contributed by atoms with E-state index >= 15 is 0 Å². The summed E-state index contributed by atoms with van der Waals surface area (Å²) in [5.41, 5.74) is 2.43. The minimum atomic E-state index is -3.13. The molecule has 172 valence electrons. The first-order valence-electron chi connectivity index (χ1n) is 10.8. The SMILES string of the molecule is CS(=O)(=O)N1CCC2(CCN(c3cc(Cl)ccc3CN3CCN(C(=O)O)CC3)CC2)C1. The van der Waals surface area contributed by atoms with Crippen LogP contribution in [0.15, 0.2) is 18.2 Å². The van der Waals surface area contributed by atoms with Crippen molar-refractivity contribution in [2.75, 3.05) is 63.5 Å². The van der Waals surface area contributed by atoms with E-state index in [0.717, 1.165) is 57.7 Å². The lowest BCUT2D eigenvalue weighted by atomic mass is 9.77. The molecule has 31 heavy (non-hydrogen) atoms. The maximum Gasteiger partial charge on any atom is 0.407 e. The fraction of sp³-hybridized carbons (Fsp3) is 0.667. The number of nitrogens with zero attached hydrogens (tertiary/aromatic N) is 4. The van der Waals surface area contributed by atoms with Gasteiger partial charge in [0.15, 0.2) is 0 Å². The summed E-state index contributed by atoms with van der Waals surface area (Å²) in [7, 11) is -3.13. The van der Waals surface area contributed by atoms with Gasteiger partial charge in [0, 0.05) is 69.6 Å². The summed E-state index contributed by atoms with van der Waals surface area (Å²) >= 11 is 6.34. The number of carboxylic acid groups (broad SMARTS) is 1. The Hall–Kier alpha value is -1.55. The highest BCUT2D eigenvalue weighted by molar-refractivity contribution is 7.88. The quantitative estimate of drug-likeness (QED) is 0.727. The van der Waals surface area contributed by atoms with Gasteiger partial charge in [-0.15, -0.1) is 0 Å². The summed E-state index contributed by atoms with van der Waals surface area (Å²) in [6.07, 6.45) is 3.33. The highest BCUT2D eigenvalue weighted by Gasteiger charge is 2.43. The molecule has 1 N–H and O–H groups in total. The number of halogens is 1. The zero-order valence-corrected chi connectivity index (χ0v) is 19.5. The van der Waals surface area contributed by atoms with Crippen LogP contribution >= 0.6 is 11.6 Å². The minimum Gasteiger partial charge on any atom is -0.465 e. The van der Waals surface area contributed by atoms with Crippen LogP contribution in [0.25, 0.3) is 0 Å². The molecule has 0 atom stereocenters. The van der Waals surface area contributed by atoms with Gasteiger partial charge in [0.25, 0.3) is 0 Å². The second-order valence-electron chi connectivity index (χ2n) is 9.15. The van der Waals surface area contributed by atoms with Gasteiger partial charge < -0.3 is 14.9 Å². The van der Waals surface area contributed by atoms with E-state index in [0.29, 0.717) is 31.2 Å². The van der Waals surface area contributed by atoms with Crippen LogP contribution in [0.1, 0.15) is 24.8 Å².